The van der Waals surface area contributed by atoms with Gasteiger partial charge < -0.3 is 4.74 Å². The highest BCUT2D eigenvalue weighted by Crippen LogP contribution is 2.15. The third-order valence-electron chi connectivity index (χ3n) is 2.57. The van der Waals surface area contributed by atoms with Crippen LogP contribution in [0.4, 0.5) is 5.69 Å². The summed E-state index contributed by atoms with van der Waals surface area (Å²) in [5.41, 5.74) is -0.761. The van der Waals surface area contributed by atoms with E-state index in [-0.39, 0.29) is 21.3 Å². The van der Waals surface area contributed by atoms with Crippen molar-refractivity contribution in [2.75, 3.05) is 0 Å². The number of halogens is 2. The molecule has 0 radical (unpaired) electrons. The maximum Gasteiger partial charge on any atom is 0.339 e. The molecule has 22 heavy (non-hydrogen) atoms. The maximum absolute atomic E-state index is 11.8. The van der Waals surface area contributed by atoms with Crippen LogP contribution >= 0.6 is 23.2 Å². The van der Waals surface area contributed by atoms with Gasteiger partial charge in [0.2, 0.25) is 0 Å². The zero-order valence-electron chi connectivity index (χ0n) is 10.7. The van der Waals surface area contributed by atoms with E-state index < -0.39 is 23.2 Å². The van der Waals surface area contributed by atoms with Gasteiger partial charge in [0, 0.05) is 12.1 Å². The summed E-state index contributed by atoms with van der Waals surface area (Å²) in [7, 11) is 0. The van der Waals surface area contributed by atoms with Crippen LogP contribution in [-0.2, 0) is 11.5 Å². The standard InChI is InChI=1S/C12H7Cl2N3O5/c13-9-5-15-16(11(18)10(9)14)6-22-12(19)7-1-3-8(4-2-7)17(20)21/h1-5H,6H2. The average Bonchev–Trinajstić information content (AvgIpc) is 2.51. The number of carbonyl (C=O) groups is 1. The fraction of sp³-hybridized carbons (Fsp3) is 0.0833. The van der Waals surface area contributed by atoms with Crippen LogP contribution in [-0.4, -0.2) is 20.7 Å². The molecule has 0 fully saturated rings. The Balaban J connectivity index is 2.08. The molecule has 10 heteroatoms. The molecule has 1 aromatic heterocycles. The molecule has 0 amide bonds. The number of carbonyl (C=O) groups excluding carboxylic acids is 1. The summed E-state index contributed by atoms with van der Waals surface area (Å²) in [6, 6.07) is 4.82. The van der Waals surface area contributed by atoms with E-state index in [2.05, 4.69) is 5.10 Å². The van der Waals surface area contributed by atoms with Gasteiger partial charge in [0.25, 0.3) is 11.2 Å². The summed E-state index contributed by atoms with van der Waals surface area (Å²) in [5, 5.41) is 13.9. The Morgan fingerprint density at radius 2 is 1.95 bits per heavy atom. The summed E-state index contributed by atoms with van der Waals surface area (Å²) >= 11 is 11.3. The van der Waals surface area contributed by atoms with Crippen LogP contribution in [0.1, 0.15) is 10.4 Å². The van der Waals surface area contributed by atoms with E-state index in [1.165, 1.54) is 24.3 Å². The molecule has 0 aliphatic rings. The second kappa shape index (κ2) is 6.54. The molecule has 0 bridgehead atoms. The lowest BCUT2D eigenvalue weighted by atomic mass is 10.2. The SMILES string of the molecule is O=C(OCn1ncc(Cl)c(Cl)c1=O)c1ccc([N+](=O)[O-])cc1. The Kier molecular flexibility index (Phi) is 4.74. The number of hydrogen-bond acceptors (Lipinski definition) is 6. The molecule has 0 unspecified atom stereocenters. The molecule has 2 aromatic rings. The fourth-order valence-electron chi connectivity index (χ4n) is 1.46. The lowest BCUT2D eigenvalue weighted by molar-refractivity contribution is -0.384. The van der Waals surface area contributed by atoms with Crippen molar-refractivity contribution in [3.63, 3.8) is 0 Å². The average molecular weight is 344 g/mol. The van der Waals surface area contributed by atoms with Crippen LogP contribution in [0.3, 0.4) is 0 Å². The van der Waals surface area contributed by atoms with Crippen LogP contribution in [0, 0.1) is 10.1 Å². The normalized spacial score (nSPS) is 10.3. The molecule has 8 nitrogen and oxygen atoms in total. The number of hydrogen-bond donors (Lipinski definition) is 0. The number of benzene rings is 1. The summed E-state index contributed by atoms with van der Waals surface area (Å²) in [6.45, 7) is -0.467. The van der Waals surface area contributed by atoms with Crippen molar-refractivity contribution in [2.24, 2.45) is 0 Å². The maximum atomic E-state index is 11.8. The number of aromatic nitrogens is 2. The van der Waals surface area contributed by atoms with Crippen molar-refractivity contribution in [2.45, 2.75) is 6.73 Å². The highest BCUT2D eigenvalue weighted by molar-refractivity contribution is 6.41. The molecule has 0 atom stereocenters. The first-order valence-corrected chi connectivity index (χ1v) is 6.48. The Morgan fingerprint density at radius 1 is 1.32 bits per heavy atom. The minimum absolute atomic E-state index is 0.00962. The monoisotopic (exact) mass is 343 g/mol. The second-order valence-electron chi connectivity index (χ2n) is 3.98. The predicted molar refractivity (Wildman–Crippen MR) is 77.0 cm³/mol. The summed E-state index contributed by atoms with van der Waals surface area (Å²) in [4.78, 5) is 33.4. The Labute approximate surface area is 133 Å². The molecule has 114 valence electrons. The smallest absolute Gasteiger partial charge is 0.339 e. The predicted octanol–water partition coefficient (Wildman–Crippen LogP) is 2.27. The summed E-state index contributed by atoms with van der Waals surface area (Å²) in [5.74, 6) is -0.769. The molecule has 1 aromatic carbocycles. The van der Waals surface area contributed by atoms with E-state index in [1.807, 2.05) is 0 Å². The minimum atomic E-state index is -0.769. The molecular formula is C12H7Cl2N3O5. The van der Waals surface area contributed by atoms with E-state index in [1.54, 1.807) is 0 Å². The van der Waals surface area contributed by atoms with Crippen molar-refractivity contribution in [3.8, 4) is 0 Å². The molecule has 0 spiro atoms. The minimum Gasteiger partial charge on any atom is -0.439 e. The number of ether oxygens (including phenoxy) is 1. The number of non-ortho nitro benzene ring substituents is 1. The van der Waals surface area contributed by atoms with E-state index >= 15 is 0 Å². The van der Waals surface area contributed by atoms with E-state index in [0.717, 1.165) is 10.9 Å². The number of rotatable bonds is 4. The molecule has 0 saturated heterocycles. The molecule has 2 rings (SSSR count). The first-order valence-electron chi connectivity index (χ1n) is 5.73. The number of nitrogens with zero attached hydrogens (tertiary/aromatic N) is 3. The van der Waals surface area contributed by atoms with Crippen molar-refractivity contribution < 1.29 is 14.5 Å². The van der Waals surface area contributed by atoms with Gasteiger partial charge in [-0.15, -0.1) is 0 Å². The van der Waals surface area contributed by atoms with Crippen LogP contribution in [0.25, 0.3) is 0 Å². The van der Waals surface area contributed by atoms with Crippen LogP contribution in [0.15, 0.2) is 35.3 Å². The Hall–Kier alpha value is -2.45. The van der Waals surface area contributed by atoms with Crippen molar-refractivity contribution in [3.05, 3.63) is 66.5 Å². The van der Waals surface area contributed by atoms with Gasteiger partial charge >= 0.3 is 5.97 Å². The third-order valence-corrected chi connectivity index (χ3v) is 3.32. The number of nitro benzene ring substituents is 1. The molecule has 0 aliphatic heterocycles. The van der Waals surface area contributed by atoms with E-state index in [4.69, 9.17) is 27.9 Å². The van der Waals surface area contributed by atoms with Gasteiger partial charge in [-0.1, -0.05) is 23.2 Å². The van der Waals surface area contributed by atoms with Crippen molar-refractivity contribution >= 4 is 34.9 Å². The van der Waals surface area contributed by atoms with E-state index in [0.29, 0.717) is 0 Å². The van der Waals surface area contributed by atoms with Gasteiger partial charge in [0.15, 0.2) is 6.73 Å². The van der Waals surface area contributed by atoms with Gasteiger partial charge in [0.1, 0.15) is 5.02 Å². The molecular weight excluding hydrogens is 337 g/mol. The first-order chi connectivity index (χ1) is 10.4. The highest BCUT2D eigenvalue weighted by atomic mass is 35.5. The van der Waals surface area contributed by atoms with E-state index in [9.17, 15) is 19.7 Å². The lowest BCUT2D eigenvalue weighted by Crippen LogP contribution is -2.25. The molecule has 1 heterocycles. The quantitative estimate of drug-likeness (QED) is 0.479. The number of nitro groups is 1. The van der Waals surface area contributed by atoms with Crippen LogP contribution in [0.5, 0.6) is 0 Å². The van der Waals surface area contributed by atoms with Gasteiger partial charge in [0.05, 0.1) is 21.7 Å². The summed E-state index contributed by atoms with van der Waals surface area (Å²) < 4.78 is 5.70. The van der Waals surface area contributed by atoms with Gasteiger partial charge in [-0.25, -0.2) is 4.79 Å². The zero-order valence-corrected chi connectivity index (χ0v) is 12.2. The topological polar surface area (TPSA) is 104 Å². The highest BCUT2D eigenvalue weighted by Gasteiger charge is 2.12. The molecule has 0 saturated carbocycles. The summed E-state index contributed by atoms with van der Waals surface area (Å²) in [6.07, 6.45) is 1.14. The third kappa shape index (κ3) is 3.41. The van der Waals surface area contributed by atoms with Crippen molar-refractivity contribution in [1.82, 2.24) is 9.78 Å². The van der Waals surface area contributed by atoms with Gasteiger partial charge in [-0.05, 0) is 12.1 Å². The van der Waals surface area contributed by atoms with Crippen molar-refractivity contribution in [1.29, 1.82) is 0 Å². The molecule has 0 N–H and O–H groups in total. The second-order valence-corrected chi connectivity index (χ2v) is 4.76. The molecule has 0 aliphatic carbocycles. The lowest BCUT2D eigenvalue weighted by Gasteiger charge is -2.07. The zero-order chi connectivity index (χ0) is 16.3. The van der Waals surface area contributed by atoms with Gasteiger partial charge in [-0.3, -0.25) is 14.9 Å². The van der Waals surface area contributed by atoms with Crippen LogP contribution in [0.2, 0.25) is 10.0 Å². The fourth-order valence-corrected chi connectivity index (χ4v) is 1.73. The largest absolute Gasteiger partial charge is 0.439 e. The van der Waals surface area contributed by atoms with Gasteiger partial charge in [-0.2, -0.15) is 9.78 Å². The Morgan fingerprint density at radius 3 is 2.55 bits per heavy atom. The Bertz CT molecular complexity index is 788. The van der Waals surface area contributed by atoms with Crippen LogP contribution < -0.4 is 5.56 Å². The number of esters is 1. The first kappa shape index (κ1) is 15.9.